The van der Waals surface area contributed by atoms with Gasteiger partial charge in [-0.2, -0.15) is 0 Å². The van der Waals surface area contributed by atoms with Gasteiger partial charge in [0.25, 0.3) is 0 Å². The van der Waals surface area contributed by atoms with Crippen LogP contribution in [0.15, 0.2) is 12.1 Å². The molecule has 5 heteroatoms. The van der Waals surface area contributed by atoms with Gasteiger partial charge in [0.2, 0.25) is 5.75 Å². The van der Waals surface area contributed by atoms with Gasteiger partial charge in [0, 0.05) is 12.8 Å². The Kier molecular flexibility index (Phi) is 3.30. The lowest BCUT2D eigenvalue weighted by Crippen LogP contribution is -2.49. The highest BCUT2D eigenvalue weighted by atomic mass is 16.5. The molecular weight excluding hydrogens is 258 g/mol. The molecule has 0 amide bonds. The van der Waals surface area contributed by atoms with Gasteiger partial charge in [0.1, 0.15) is 5.60 Å². The van der Waals surface area contributed by atoms with E-state index in [0.717, 1.165) is 25.9 Å². The van der Waals surface area contributed by atoms with E-state index in [2.05, 4.69) is 5.32 Å². The second kappa shape index (κ2) is 4.98. The van der Waals surface area contributed by atoms with Crippen LogP contribution in [0.25, 0.3) is 0 Å². The highest BCUT2D eigenvalue weighted by molar-refractivity contribution is 6.01. The van der Waals surface area contributed by atoms with Crippen molar-refractivity contribution in [3.05, 3.63) is 17.7 Å². The summed E-state index contributed by atoms with van der Waals surface area (Å²) in [6.45, 7) is 1.74. The smallest absolute Gasteiger partial charge is 0.204 e. The first-order chi connectivity index (χ1) is 9.69. The Morgan fingerprint density at radius 3 is 2.60 bits per heavy atom. The summed E-state index contributed by atoms with van der Waals surface area (Å²) < 4.78 is 16.9. The molecule has 108 valence electrons. The summed E-state index contributed by atoms with van der Waals surface area (Å²) in [7, 11) is 3.14. The predicted octanol–water partition coefficient (Wildman–Crippen LogP) is 1.79. The molecule has 1 aromatic rings. The molecule has 2 heterocycles. The van der Waals surface area contributed by atoms with Crippen molar-refractivity contribution < 1.29 is 19.0 Å². The molecule has 0 atom stereocenters. The molecule has 1 saturated heterocycles. The van der Waals surface area contributed by atoms with Gasteiger partial charge in [-0.25, -0.2) is 0 Å². The molecule has 1 spiro atoms. The normalized spacial score (nSPS) is 20.2. The van der Waals surface area contributed by atoms with E-state index in [-0.39, 0.29) is 5.78 Å². The van der Waals surface area contributed by atoms with Crippen LogP contribution in [-0.4, -0.2) is 38.7 Å². The molecule has 1 N–H and O–H groups in total. The SMILES string of the molecule is COc1ccc2c(c1OC)OC1(CCNCC1)CC2=O. The minimum absolute atomic E-state index is 0.120. The van der Waals surface area contributed by atoms with Gasteiger partial charge in [-0.15, -0.1) is 0 Å². The monoisotopic (exact) mass is 277 g/mol. The third-order valence-electron chi connectivity index (χ3n) is 4.12. The molecule has 0 aliphatic carbocycles. The summed E-state index contributed by atoms with van der Waals surface area (Å²) in [5, 5.41) is 3.30. The fourth-order valence-electron chi connectivity index (χ4n) is 3.02. The summed E-state index contributed by atoms with van der Waals surface area (Å²) in [4.78, 5) is 12.4. The maximum Gasteiger partial charge on any atom is 0.204 e. The molecule has 1 fully saturated rings. The van der Waals surface area contributed by atoms with Crippen LogP contribution in [0.1, 0.15) is 29.6 Å². The zero-order chi connectivity index (χ0) is 14.2. The quantitative estimate of drug-likeness (QED) is 0.893. The maximum atomic E-state index is 12.4. The Labute approximate surface area is 118 Å². The summed E-state index contributed by atoms with van der Waals surface area (Å²) in [5.74, 6) is 1.75. The number of ether oxygens (including phenoxy) is 3. The molecule has 2 aliphatic rings. The molecule has 0 aromatic heterocycles. The Balaban J connectivity index is 2.06. The van der Waals surface area contributed by atoms with Crippen LogP contribution in [0.4, 0.5) is 0 Å². The minimum Gasteiger partial charge on any atom is -0.493 e. The number of fused-ring (bicyclic) bond motifs is 1. The molecule has 2 aliphatic heterocycles. The van der Waals surface area contributed by atoms with E-state index < -0.39 is 5.60 Å². The Hall–Kier alpha value is -1.75. The fraction of sp³-hybridized carbons (Fsp3) is 0.533. The van der Waals surface area contributed by atoms with Crippen LogP contribution in [0, 0.1) is 0 Å². The lowest BCUT2D eigenvalue weighted by atomic mass is 9.83. The Morgan fingerprint density at radius 2 is 1.95 bits per heavy atom. The molecule has 0 radical (unpaired) electrons. The number of carbonyl (C=O) groups is 1. The van der Waals surface area contributed by atoms with Crippen LogP contribution < -0.4 is 19.5 Å². The standard InChI is InChI=1S/C15H19NO4/c1-18-12-4-3-10-11(17)9-15(5-7-16-8-6-15)20-13(10)14(12)19-2/h3-4,16H,5-9H2,1-2H3. The third-order valence-corrected chi connectivity index (χ3v) is 4.12. The van der Waals surface area contributed by atoms with Gasteiger partial charge in [0.15, 0.2) is 17.3 Å². The van der Waals surface area contributed by atoms with Gasteiger partial charge in [0.05, 0.1) is 26.2 Å². The zero-order valence-electron chi connectivity index (χ0n) is 11.8. The van der Waals surface area contributed by atoms with Crippen molar-refractivity contribution in [1.82, 2.24) is 5.32 Å². The number of carbonyl (C=O) groups excluding carboxylic acids is 1. The number of piperidine rings is 1. The molecule has 5 nitrogen and oxygen atoms in total. The second-order valence-corrected chi connectivity index (χ2v) is 5.31. The first-order valence-corrected chi connectivity index (χ1v) is 6.87. The molecule has 1 aromatic carbocycles. The number of methoxy groups -OCH3 is 2. The Bertz CT molecular complexity index is 535. The van der Waals surface area contributed by atoms with E-state index in [4.69, 9.17) is 14.2 Å². The van der Waals surface area contributed by atoms with Gasteiger partial charge >= 0.3 is 0 Å². The van der Waals surface area contributed by atoms with E-state index in [0.29, 0.717) is 29.2 Å². The van der Waals surface area contributed by atoms with E-state index in [9.17, 15) is 4.79 Å². The molecule has 20 heavy (non-hydrogen) atoms. The molecule has 0 saturated carbocycles. The molecule has 0 bridgehead atoms. The molecular formula is C15H19NO4. The highest BCUT2D eigenvalue weighted by Gasteiger charge is 2.43. The van der Waals surface area contributed by atoms with E-state index in [1.165, 1.54) is 0 Å². The van der Waals surface area contributed by atoms with E-state index >= 15 is 0 Å². The van der Waals surface area contributed by atoms with Crippen molar-refractivity contribution in [2.45, 2.75) is 24.9 Å². The van der Waals surface area contributed by atoms with Crippen LogP contribution in [0.5, 0.6) is 17.2 Å². The summed E-state index contributed by atoms with van der Waals surface area (Å²) in [6.07, 6.45) is 2.11. The van der Waals surface area contributed by atoms with Gasteiger partial charge in [-0.3, -0.25) is 4.79 Å². The third kappa shape index (κ3) is 2.02. The average molecular weight is 277 g/mol. The highest BCUT2D eigenvalue weighted by Crippen LogP contribution is 2.47. The number of Topliss-reactive ketones (excluding diaryl/α,β-unsaturated/α-hetero) is 1. The van der Waals surface area contributed by atoms with Crippen molar-refractivity contribution in [2.24, 2.45) is 0 Å². The van der Waals surface area contributed by atoms with Crippen molar-refractivity contribution in [1.29, 1.82) is 0 Å². The van der Waals surface area contributed by atoms with Gasteiger partial charge < -0.3 is 19.5 Å². The first kappa shape index (κ1) is 13.2. The van der Waals surface area contributed by atoms with Crippen LogP contribution in [0.3, 0.4) is 0 Å². The van der Waals surface area contributed by atoms with Crippen molar-refractivity contribution in [3.8, 4) is 17.2 Å². The topological polar surface area (TPSA) is 56.8 Å². The van der Waals surface area contributed by atoms with Crippen LogP contribution in [0.2, 0.25) is 0 Å². The summed E-state index contributed by atoms with van der Waals surface area (Å²) >= 11 is 0. The lowest BCUT2D eigenvalue weighted by molar-refractivity contribution is 0.0164. The fourth-order valence-corrected chi connectivity index (χ4v) is 3.02. The lowest BCUT2D eigenvalue weighted by Gasteiger charge is -2.41. The second-order valence-electron chi connectivity index (χ2n) is 5.31. The van der Waals surface area contributed by atoms with E-state index in [1.54, 1.807) is 26.4 Å². The van der Waals surface area contributed by atoms with Gasteiger partial charge in [-0.1, -0.05) is 0 Å². The number of rotatable bonds is 2. The largest absolute Gasteiger partial charge is 0.493 e. The summed E-state index contributed by atoms with van der Waals surface area (Å²) in [6, 6.07) is 3.51. The van der Waals surface area contributed by atoms with Crippen LogP contribution in [-0.2, 0) is 0 Å². The van der Waals surface area contributed by atoms with Gasteiger partial charge in [-0.05, 0) is 25.2 Å². The van der Waals surface area contributed by atoms with Crippen molar-refractivity contribution in [2.75, 3.05) is 27.3 Å². The summed E-state index contributed by atoms with van der Waals surface area (Å²) in [5.41, 5.74) is 0.196. The number of nitrogens with one attached hydrogen (secondary N) is 1. The molecule has 0 unspecified atom stereocenters. The average Bonchev–Trinajstić information content (AvgIpc) is 2.46. The number of hydrogen-bond donors (Lipinski definition) is 1. The van der Waals surface area contributed by atoms with Crippen LogP contribution >= 0.6 is 0 Å². The predicted molar refractivity (Wildman–Crippen MR) is 74.0 cm³/mol. The van der Waals surface area contributed by atoms with Crippen molar-refractivity contribution >= 4 is 5.78 Å². The Morgan fingerprint density at radius 1 is 1.20 bits per heavy atom. The zero-order valence-corrected chi connectivity index (χ0v) is 11.8. The number of benzene rings is 1. The van der Waals surface area contributed by atoms with Crippen molar-refractivity contribution in [3.63, 3.8) is 0 Å². The minimum atomic E-state index is -0.394. The molecule has 3 rings (SSSR count). The van der Waals surface area contributed by atoms with E-state index in [1.807, 2.05) is 0 Å². The first-order valence-electron chi connectivity index (χ1n) is 6.87. The maximum absolute atomic E-state index is 12.4. The number of ketones is 1. The number of hydrogen-bond acceptors (Lipinski definition) is 5.